The first-order valence-electron chi connectivity index (χ1n) is 29.2. The smallest absolute Gasteiger partial charge is 0.306 e. The van der Waals surface area contributed by atoms with Gasteiger partial charge in [-0.3, -0.25) is 14.4 Å². The molecule has 0 aliphatic heterocycles. The minimum absolute atomic E-state index is 0.0659. The summed E-state index contributed by atoms with van der Waals surface area (Å²) in [5, 5.41) is 0. The molecule has 0 aromatic rings. The summed E-state index contributed by atoms with van der Waals surface area (Å²) >= 11 is 0. The summed E-state index contributed by atoms with van der Waals surface area (Å²) in [4.78, 5) is 37.8. The lowest BCUT2D eigenvalue weighted by molar-refractivity contribution is -0.167. The van der Waals surface area contributed by atoms with Crippen LogP contribution in [-0.2, 0) is 28.6 Å². The zero-order chi connectivity index (χ0) is 47.2. The first-order chi connectivity index (χ1) is 32.0. The molecule has 0 heterocycles. The van der Waals surface area contributed by atoms with Gasteiger partial charge in [0.15, 0.2) is 6.10 Å². The number of rotatable bonds is 54. The van der Waals surface area contributed by atoms with Gasteiger partial charge in [-0.2, -0.15) is 0 Å². The Morgan fingerprint density at radius 1 is 0.292 bits per heavy atom. The van der Waals surface area contributed by atoms with Gasteiger partial charge < -0.3 is 14.2 Å². The first kappa shape index (κ1) is 63.1. The van der Waals surface area contributed by atoms with Crippen LogP contribution in [0, 0.1) is 0 Å². The summed E-state index contributed by atoms with van der Waals surface area (Å²) in [6, 6.07) is 0. The van der Waals surface area contributed by atoms with Gasteiger partial charge in [-0.25, -0.2) is 0 Å². The highest BCUT2D eigenvalue weighted by Gasteiger charge is 2.19. The highest BCUT2D eigenvalue weighted by Crippen LogP contribution is 2.17. The molecule has 65 heavy (non-hydrogen) atoms. The molecule has 384 valence electrons. The fourth-order valence-corrected chi connectivity index (χ4v) is 8.85. The van der Waals surface area contributed by atoms with Crippen LogP contribution >= 0.6 is 0 Å². The summed E-state index contributed by atoms with van der Waals surface area (Å²) in [5.41, 5.74) is 0. The van der Waals surface area contributed by atoms with E-state index in [2.05, 4.69) is 32.9 Å². The molecule has 0 N–H and O–H groups in total. The summed E-state index contributed by atoms with van der Waals surface area (Å²) in [6.45, 7) is 6.61. The van der Waals surface area contributed by atoms with Crippen LogP contribution in [0.25, 0.3) is 0 Å². The lowest BCUT2D eigenvalue weighted by Gasteiger charge is -2.18. The van der Waals surface area contributed by atoms with E-state index in [1.54, 1.807) is 0 Å². The SMILES string of the molecule is CCCCCCCCCC/C=C\CCCCCCCCCCCCCC(=O)OCC(COC(=O)CCCCCCC)OC(=O)CCCCCCCCCCCCCCCCCCCCC. The minimum atomic E-state index is -0.762. The molecule has 0 aliphatic rings. The molecule has 0 aromatic carbocycles. The van der Waals surface area contributed by atoms with E-state index < -0.39 is 6.10 Å². The molecule has 0 aromatic heterocycles. The van der Waals surface area contributed by atoms with Crippen molar-refractivity contribution in [3.63, 3.8) is 0 Å². The Bertz CT molecular complexity index is 1010. The predicted octanol–water partition coefficient (Wildman–Crippen LogP) is 19.3. The third-order valence-electron chi connectivity index (χ3n) is 13.3. The number of allylic oxidation sites excluding steroid dienone is 2. The van der Waals surface area contributed by atoms with Crippen molar-refractivity contribution in [2.75, 3.05) is 13.2 Å². The van der Waals surface area contributed by atoms with E-state index in [0.717, 1.165) is 64.2 Å². The van der Waals surface area contributed by atoms with Crippen molar-refractivity contribution in [3.05, 3.63) is 12.2 Å². The maximum atomic E-state index is 12.8. The van der Waals surface area contributed by atoms with E-state index in [-0.39, 0.29) is 31.1 Å². The first-order valence-corrected chi connectivity index (χ1v) is 29.2. The van der Waals surface area contributed by atoms with Crippen molar-refractivity contribution >= 4 is 17.9 Å². The number of carbonyl (C=O) groups is 3. The molecule has 0 rings (SSSR count). The Morgan fingerprint density at radius 3 is 0.769 bits per heavy atom. The Morgan fingerprint density at radius 2 is 0.508 bits per heavy atom. The van der Waals surface area contributed by atoms with Gasteiger partial charge in [0.25, 0.3) is 0 Å². The number of hydrogen-bond donors (Lipinski definition) is 0. The second-order valence-corrected chi connectivity index (χ2v) is 19.9. The van der Waals surface area contributed by atoms with Gasteiger partial charge in [0.05, 0.1) is 0 Å². The van der Waals surface area contributed by atoms with Crippen molar-refractivity contribution < 1.29 is 28.6 Å². The van der Waals surface area contributed by atoms with E-state index in [9.17, 15) is 14.4 Å². The van der Waals surface area contributed by atoms with E-state index in [1.165, 1.54) is 225 Å². The normalized spacial score (nSPS) is 12.0. The summed E-state index contributed by atoms with van der Waals surface area (Å²) in [5.74, 6) is -0.859. The summed E-state index contributed by atoms with van der Waals surface area (Å²) in [6.07, 6.45) is 62.5. The maximum Gasteiger partial charge on any atom is 0.306 e. The van der Waals surface area contributed by atoms with Crippen molar-refractivity contribution in [2.45, 2.75) is 335 Å². The topological polar surface area (TPSA) is 78.9 Å². The molecule has 0 aliphatic carbocycles. The largest absolute Gasteiger partial charge is 0.462 e. The third kappa shape index (κ3) is 53.0. The van der Waals surface area contributed by atoms with Crippen LogP contribution in [0.5, 0.6) is 0 Å². The van der Waals surface area contributed by atoms with Gasteiger partial charge in [0.2, 0.25) is 0 Å². The van der Waals surface area contributed by atoms with Gasteiger partial charge in [-0.05, 0) is 44.9 Å². The Hall–Kier alpha value is -1.85. The molecule has 1 unspecified atom stereocenters. The lowest BCUT2D eigenvalue weighted by atomic mass is 10.0. The van der Waals surface area contributed by atoms with Gasteiger partial charge in [-0.1, -0.05) is 277 Å². The van der Waals surface area contributed by atoms with E-state index in [4.69, 9.17) is 14.2 Å². The van der Waals surface area contributed by atoms with Gasteiger partial charge in [-0.15, -0.1) is 0 Å². The Kier molecular flexibility index (Phi) is 53.2. The van der Waals surface area contributed by atoms with E-state index >= 15 is 0 Å². The number of hydrogen-bond acceptors (Lipinski definition) is 6. The summed E-state index contributed by atoms with van der Waals surface area (Å²) < 4.78 is 16.7. The van der Waals surface area contributed by atoms with Crippen LogP contribution in [0.1, 0.15) is 329 Å². The Labute approximate surface area is 405 Å². The number of carbonyl (C=O) groups excluding carboxylic acids is 3. The van der Waals surface area contributed by atoms with Gasteiger partial charge in [0, 0.05) is 19.3 Å². The molecule has 0 fully saturated rings. The van der Waals surface area contributed by atoms with Crippen molar-refractivity contribution in [2.24, 2.45) is 0 Å². The molecular formula is C59H112O6. The third-order valence-corrected chi connectivity index (χ3v) is 13.3. The van der Waals surface area contributed by atoms with Crippen LogP contribution < -0.4 is 0 Å². The lowest BCUT2D eigenvalue weighted by Crippen LogP contribution is -2.30. The molecule has 0 amide bonds. The number of ether oxygens (including phenoxy) is 3. The molecule has 0 radical (unpaired) electrons. The average Bonchev–Trinajstić information content (AvgIpc) is 3.30. The molecule has 6 nitrogen and oxygen atoms in total. The van der Waals surface area contributed by atoms with E-state index in [1.807, 2.05) is 0 Å². The second-order valence-electron chi connectivity index (χ2n) is 19.9. The average molecular weight is 918 g/mol. The standard InChI is InChI=1S/C59H112O6/c1-4-7-10-13-15-17-19-21-23-25-27-28-29-30-32-33-35-37-39-41-43-46-49-52-58(61)64-55-56(54-63-57(60)51-48-45-12-9-6-3)65-59(62)53-50-47-44-42-40-38-36-34-31-26-24-22-20-18-16-14-11-8-5-2/h25,27,56H,4-24,26,28-55H2,1-3H3/b27-25-. The number of unbranched alkanes of at least 4 members (excludes halogenated alkanes) is 41. The molecule has 0 spiro atoms. The van der Waals surface area contributed by atoms with Crippen LogP contribution in [0.3, 0.4) is 0 Å². The molecule has 0 saturated heterocycles. The van der Waals surface area contributed by atoms with Crippen LogP contribution in [0.4, 0.5) is 0 Å². The minimum Gasteiger partial charge on any atom is -0.462 e. The van der Waals surface area contributed by atoms with Gasteiger partial charge >= 0.3 is 17.9 Å². The van der Waals surface area contributed by atoms with Crippen molar-refractivity contribution in [3.8, 4) is 0 Å². The van der Waals surface area contributed by atoms with E-state index in [0.29, 0.717) is 19.3 Å². The van der Waals surface area contributed by atoms with Crippen LogP contribution in [0.2, 0.25) is 0 Å². The quantitative estimate of drug-likeness (QED) is 0.0262. The Balaban J connectivity index is 4.03. The highest BCUT2D eigenvalue weighted by atomic mass is 16.6. The van der Waals surface area contributed by atoms with Crippen LogP contribution in [0.15, 0.2) is 12.2 Å². The zero-order valence-electron chi connectivity index (χ0n) is 44.0. The van der Waals surface area contributed by atoms with Crippen LogP contribution in [-0.4, -0.2) is 37.2 Å². The predicted molar refractivity (Wildman–Crippen MR) is 280 cm³/mol. The molecule has 1 atom stereocenters. The monoisotopic (exact) mass is 917 g/mol. The molecule has 6 heteroatoms. The fraction of sp³-hybridized carbons (Fsp3) is 0.915. The molecule has 0 bridgehead atoms. The maximum absolute atomic E-state index is 12.8. The van der Waals surface area contributed by atoms with Gasteiger partial charge in [0.1, 0.15) is 13.2 Å². The second kappa shape index (κ2) is 54.8. The fourth-order valence-electron chi connectivity index (χ4n) is 8.85. The zero-order valence-corrected chi connectivity index (χ0v) is 44.0. The summed E-state index contributed by atoms with van der Waals surface area (Å²) in [7, 11) is 0. The molecular weight excluding hydrogens is 805 g/mol. The highest BCUT2D eigenvalue weighted by molar-refractivity contribution is 5.71. The molecule has 0 saturated carbocycles. The number of esters is 3. The van der Waals surface area contributed by atoms with Crippen molar-refractivity contribution in [1.29, 1.82) is 0 Å². The van der Waals surface area contributed by atoms with Crippen molar-refractivity contribution in [1.82, 2.24) is 0 Å².